The van der Waals surface area contributed by atoms with E-state index >= 15 is 0 Å². The molecular formula is C8H13ClN2. The van der Waals surface area contributed by atoms with Crippen LogP contribution in [0.25, 0.3) is 0 Å². The van der Waals surface area contributed by atoms with Gasteiger partial charge in [-0.15, -0.1) is 12.4 Å². The minimum atomic E-state index is 0. The van der Waals surface area contributed by atoms with Gasteiger partial charge in [-0.1, -0.05) is 6.92 Å². The maximum Gasteiger partial charge on any atom is 0.0393 e. The maximum absolute atomic E-state index is 5.69. The molecular weight excluding hydrogens is 160 g/mol. The zero-order valence-electron chi connectivity index (χ0n) is 6.79. The number of halogens is 1. The van der Waals surface area contributed by atoms with Crippen LogP contribution in [-0.2, 0) is 6.42 Å². The van der Waals surface area contributed by atoms with Gasteiger partial charge in [-0.3, -0.25) is 4.98 Å². The average Bonchev–Trinajstić information content (AvgIpc) is 1.88. The van der Waals surface area contributed by atoms with Crippen molar-refractivity contribution in [3.8, 4) is 0 Å². The first-order valence-electron chi connectivity index (χ1n) is 3.45. The molecule has 1 aromatic heterocycles. The van der Waals surface area contributed by atoms with Crippen molar-refractivity contribution >= 4 is 18.1 Å². The van der Waals surface area contributed by atoms with Gasteiger partial charge in [-0.2, -0.15) is 0 Å². The summed E-state index contributed by atoms with van der Waals surface area (Å²) >= 11 is 0. The molecule has 2 N–H and O–H groups in total. The average molecular weight is 173 g/mol. The van der Waals surface area contributed by atoms with Crippen molar-refractivity contribution in [1.82, 2.24) is 4.98 Å². The van der Waals surface area contributed by atoms with E-state index in [9.17, 15) is 0 Å². The van der Waals surface area contributed by atoms with E-state index in [0.29, 0.717) is 0 Å². The normalized spacial score (nSPS) is 8.91. The molecule has 11 heavy (non-hydrogen) atoms. The van der Waals surface area contributed by atoms with E-state index in [4.69, 9.17) is 5.73 Å². The summed E-state index contributed by atoms with van der Waals surface area (Å²) in [5.41, 5.74) is 8.66. The Morgan fingerprint density at radius 3 is 2.64 bits per heavy atom. The fourth-order valence-corrected chi connectivity index (χ4v) is 0.905. The Morgan fingerprint density at radius 2 is 2.18 bits per heavy atom. The lowest BCUT2D eigenvalue weighted by Gasteiger charge is -2.01. The Kier molecular flexibility index (Phi) is 3.90. The van der Waals surface area contributed by atoms with Crippen molar-refractivity contribution in [1.29, 1.82) is 0 Å². The van der Waals surface area contributed by atoms with E-state index in [1.807, 2.05) is 19.2 Å². The minimum Gasteiger partial charge on any atom is -0.398 e. The number of aryl methyl sites for hydroxylation is 2. The molecule has 0 aliphatic carbocycles. The number of pyridine rings is 1. The third-order valence-corrected chi connectivity index (χ3v) is 1.54. The van der Waals surface area contributed by atoms with E-state index in [-0.39, 0.29) is 12.4 Å². The van der Waals surface area contributed by atoms with Crippen LogP contribution in [0, 0.1) is 6.92 Å². The summed E-state index contributed by atoms with van der Waals surface area (Å²) in [6.45, 7) is 4.01. The van der Waals surface area contributed by atoms with E-state index in [1.54, 1.807) is 0 Å². The third-order valence-electron chi connectivity index (χ3n) is 1.54. The second-order valence-electron chi connectivity index (χ2n) is 2.38. The molecule has 1 rings (SSSR count). The summed E-state index contributed by atoms with van der Waals surface area (Å²) in [5, 5.41) is 0. The summed E-state index contributed by atoms with van der Waals surface area (Å²) < 4.78 is 0. The van der Waals surface area contributed by atoms with Crippen LogP contribution in [0.15, 0.2) is 12.3 Å². The molecule has 0 fully saturated rings. The second kappa shape index (κ2) is 4.19. The quantitative estimate of drug-likeness (QED) is 0.704. The highest BCUT2D eigenvalue weighted by Gasteiger charge is 1.95. The van der Waals surface area contributed by atoms with Gasteiger partial charge >= 0.3 is 0 Å². The van der Waals surface area contributed by atoms with Crippen molar-refractivity contribution in [2.45, 2.75) is 20.3 Å². The highest BCUT2D eigenvalue weighted by Crippen LogP contribution is 2.10. The number of nitrogens with zero attached hydrogens (tertiary/aromatic N) is 1. The lowest BCUT2D eigenvalue weighted by Crippen LogP contribution is -1.94. The van der Waals surface area contributed by atoms with Gasteiger partial charge in [0.05, 0.1) is 0 Å². The molecule has 0 spiro atoms. The third kappa shape index (κ3) is 2.39. The molecule has 0 amide bonds. The van der Waals surface area contributed by atoms with Crippen LogP contribution in [0.5, 0.6) is 0 Å². The molecule has 0 saturated carbocycles. The zero-order valence-corrected chi connectivity index (χ0v) is 7.61. The molecule has 0 unspecified atom stereocenters. The monoisotopic (exact) mass is 172 g/mol. The molecule has 0 radical (unpaired) electrons. The largest absolute Gasteiger partial charge is 0.398 e. The molecule has 0 aliphatic heterocycles. The van der Waals surface area contributed by atoms with Crippen LogP contribution >= 0.6 is 12.4 Å². The number of nitrogens with two attached hydrogens (primary N) is 1. The highest BCUT2D eigenvalue weighted by molar-refractivity contribution is 5.85. The van der Waals surface area contributed by atoms with E-state index < -0.39 is 0 Å². The SMILES string of the molecule is CCc1cnc(C)cc1N.Cl. The van der Waals surface area contributed by atoms with Gasteiger partial charge in [-0.25, -0.2) is 0 Å². The summed E-state index contributed by atoms with van der Waals surface area (Å²) in [6.07, 6.45) is 2.80. The van der Waals surface area contributed by atoms with Crippen molar-refractivity contribution < 1.29 is 0 Å². The van der Waals surface area contributed by atoms with Gasteiger partial charge in [0.25, 0.3) is 0 Å². The van der Waals surface area contributed by atoms with Crippen molar-refractivity contribution in [3.63, 3.8) is 0 Å². The van der Waals surface area contributed by atoms with Gasteiger partial charge in [0.2, 0.25) is 0 Å². The fraction of sp³-hybridized carbons (Fsp3) is 0.375. The lowest BCUT2D eigenvalue weighted by atomic mass is 10.2. The van der Waals surface area contributed by atoms with Crippen molar-refractivity contribution in [3.05, 3.63) is 23.5 Å². The number of nitrogen functional groups attached to an aromatic ring is 1. The van der Waals surface area contributed by atoms with Crippen LogP contribution in [0.3, 0.4) is 0 Å². The van der Waals surface area contributed by atoms with Crippen molar-refractivity contribution in [2.75, 3.05) is 5.73 Å². The van der Waals surface area contributed by atoms with E-state index in [2.05, 4.69) is 11.9 Å². The fourth-order valence-electron chi connectivity index (χ4n) is 0.905. The van der Waals surface area contributed by atoms with Gasteiger partial charge in [0.1, 0.15) is 0 Å². The Bertz CT molecular complexity index is 236. The summed E-state index contributed by atoms with van der Waals surface area (Å²) in [6, 6.07) is 1.90. The molecule has 1 aromatic rings. The Morgan fingerprint density at radius 1 is 1.55 bits per heavy atom. The molecule has 2 nitrogen and oxygen atoms in total. The molecule has 0 aliphatic rings. The van der Waals surface area contributed by atoms with Gasteiger partial charge in [0.15, 0.2) is 0 Å². The predicted molar refractivity (Wildman–Crippen MR) is 50.0 cm³/mol. The van der Waals surface area contributed by atoms with Crippen LogP contribution in [-0.4, -0.2) is 4.98 Å². The number of aromatic nitrogens is 1. The highest BCUT2D eigenvalue weighted by atomic mass is 35.5. The van der Waals surface area contributed by atoms with E-state index in [0.717, 1.165) is 23.4 Å². The first-order valence-corrected chi connectivity index (χ1v) is 3.45. The standard InChI is InChI=1S/C8H12N2.ClH/c1-3-7-5-10-6(2)4-8(7)9;/h4-5H,3H2,1-2H3,(H2,9,10);1H. The molecule has 1 heterocycles. The van der Waals surface area contributed by atoms with Gasteiger partial charge in [0, 0.05) is 17.6 Å². The summed E-state index contributed by atoms with van der Waals surface area (Å²) in [4.78, 5) is 4.13. The van der Waals surface area contributed by atoms with Crippen LogP contribution in [0.1, 0.15) is 18.2 Å². The van der Waals surface area contributed by atoms with Crippen LogP contribution < -0.4 is 5.73 Å². The number of hydrogen-bond acceptors (Lipinski definition) is 2. The van der Waals surface area contributed by atoms with E-state index in [1.165, 1.54) is 0 Å². The molecule has 3 heteroatoms. The van der Waals surface area contributed by atoms with Crippen LogP contribution in [0.4, 0.5) is 5.69 Å². The molecule has 0 bridgehead atoms. The summed E-state index contributed by atoms with van der Waals surface area (Å²) in [7, 11) is 0. The smallest absolute Gasteiger partial charge is 0.0393 e. The molecule has 0 saturated heterocycles. The Hall–Kier alpha value is -0.760. The van der Waals surface area contributed by atoms with Crippen LogP contribution in [0.2, 0.25) is 0 Å². The Labute approximate surface area is 73.2 Å². The number of anilines is 1. The van der Waals surface area contributed by atoms with Crippen molar-refractivity contribution in [2.24, 2.45) is 0 Å². The predicted octanol–water partition coefficient (Wildman–Crippen LogP) is 1.96. The molecule has 62 valence electrons. The first kappa shape index (κ1) is 10.2. The van der Waals surface area contributed by atoms with Gasteiger partial charge < -0.3 is 5.73 Å². The summed E-state index contributed by atoms with van der Waals surface area (Å²) in [5.74, 6) is 0. The maximum atomic E-state index is 5.69. The topological polar surface area (TPSA) is 38.9 Å². The Balaban J connectivity index is 0.000001000. The minimum absolute atomic E-state index is 0. The molecule has 0 atom stereocenters. The van der Waals surface area contributed by atoms with Gasteiger partial charge in [-0.05, 0) is 25.0 Å². The lowest BCUT2D eigenvalue weighted by molar-refractivity contribution is 1.08. The zero-order chi connectivity index (χ0) is 7.56. The molecule has 0 aromatic carbocycles. The number of hydrogen-bond donors (Lipinski definition) is 1. The second-order valence-corrected chi connectivity index (χ2v) is 2.38. The first-order chi connectivity index (χ1) is 4.74. The number of rotatable bonds is 1.